The zero-order valence-electron chi connectivity index (χ0n) is 8.82. The molecule has 0 aromatic rings. The number of unbranched alkanes of at least 4 members (excludes halogenated alkanes) is 1. The van der Waals surface area contributed by atoms with E-state index in [9.17, 15) is 4.79 Å². The fraction of sp³-hybridized carbons (Fsp3) is 0.900. The Bertz CT molecular complexity index is 157. The lowest BCUT2D eigenvalue weighted by Gasteiger charge is -2.25. The first-order valence-electron chi connectivity index (χ1n) is 4.89. The Balaban J connectivity index is 3.75. The third kappa shape index (κ3) is 7.05. The highest BCUT2D eigenvalue weighted by Gasteiger charge is 2.18. The van der Waals surface area contributed by atoms with Gasteiger partial charge in [-0.15, -0.1) is 0 Å². The van der Waals surface area contributed by atoms with Crippen molar-refractivity contribution >= 4 is 21.8 Å². The van der Waals surface area contributed by atoms with Crippen LogP contribution in [0, 0.1) is 0 Å². The van der Waals surface area contributed by atoms with Crippen molar-refractivity contribution in [1.29, 1.82) is 0 Å². The summed E-state index contributed by atoms with van der Waals surface area (Å²) < 4.78 is 0. The number of hydrogen-bond donors (Lipinski definition) is 1. The number of halogens is 1. The summed E-state index contributed by atoms with van der Waals surface area (Å²) in [4.78, 5) is 11.4. The minimum absolute atomic E-state index is 0.0751. The van der Waals surface area contributed by atoms with Crippen molar-refractivity contribution in [1.82, 2.24) is 5.32 Å². The maximum absolute atomic E-state index is 11.4. The summed E-state index contributed by atoms with van der Waals surface area (Å²) in [5, 5.41) is 3.95. The molecule has 0 aliphatic heterocycles. The Morgan fingerprint density at radius 2 is 2.08 bits per heavy atom. The van der Waals surface area contributed by atoms with Gasteiger partial charge in [-0.1, -0.05) is 29.3 Å². The number of carbonyl (C=O) groups excluding carboxylic acids is 1. The van der Waals surface area contributed by atoms with Gasteiger partial charge in [0.25, 0.3) is 0 Å². The minimum Gasteiger partial charge on any atom is -0.351 e. The van der Waals surface area contributed by atoms with Crippen LogP contribution in [-0.2, 0) is 4.79 Å². The fourth-order valence-corrected chi connectivity index (χ4v) is 2.07. The second kappa shape index (κ2) is 6.41. The SMILES string of the molecule is CCCCC(=O)NC(C)(C)CCBr. The molecule has 0 saturated heterocycles. The average molecular weight is 250 g/mol. The summed E-state index contributed by atoms with van der Waals surface area (Å²) in [6, 6.07) is 0. The van der Waals surface area contributed by atoms with Gasteiger partial charge in [0.1, 0.15) is 0 Å². The molecule has 0 aromatic heterocycles. The summed E-state index contributed by atoms with van der Waals surface area (Å²) >= 11 is 3.38. The van der Waals surface area contributed by atoms with Crippen LogP contribution in [0.1, 0.15) is 46.5 Å². The minimum atomic E-state index is -0.0751. The summed E-state index contributed by atoms with van der Waals surface area (Å²) in [6.45, 7) is 6.20. The number of amides is 1. The van der Waals surface area contributed by atoms with Gasteiger partial charge in [-0.05, 0) is 26.7 Å². The molecular weight excluding hydrogens is 230 g/mol. The Morgan fingerprint density at radius 1 is 1.46 bits per heavy atom. The predicted molar refractivity (Wildman–Crippen MR) is 60.2 cm³/mol. The van der Waals surface area contributed by atoms with Gasteiger partial charge in [-0.2, -0.15) is 0 Å². The van der Waals surface area contributed by atoms with E-state index in [2.05, 4.69) is 42.0 Å². The van der Waals surface area contributed by atoms with Crippen molar-refractivity contribution in [2.24, 2.45) is 0 Å². The fourth-order valence-electron chi connectivity index (χ4n) is 1.08. The van der Waals surface area contributed by atoms with Crippen LogP contribution >= 0.6 is 15.9 Å². The van der Waals surface area contributed by atoms with Gasteiger partial charge in [0.05, 0.1) is 0 Å². The van der Waals surface area contributed by atoms with Gasteiger partial charge in [0.2, 0.25) is 5.91 Å². The monoisotopic (exact) mass is 249 g/mol. The molecule has 0 rings (SSSR count). The van der Waals surface area contributed by atoms with E-state index in [-0.39, 0.29) is 11.4 Å². The van der Waals surface area contributed by atoms with Crippen molar-refractivity contribution in [2.75, 3.05) is 5.33 Å². The second-order valence-corrected chi connectivity index (χ2v) is 4.77. The molecule has 0 saturated carbocycles. The van der Waals surface area contributed by atoms with Crippen molar-refractivity contribution < 1.29 is 4.79 Å². The quantitative estimate of drug-likeness (QED) is 0.721. The maximum atomic E-state index is 11.4. The maximum Gasteiger partial charge on any atom is 0.220 e. The average Bonchev–Trinajstić information content (AvgIpc) is 1.99. The molecule has 0 aliphatic carbocycles. The zero-order chi connectivity index (χ0) is 10.3. The molecule has 0 aromatic carbocycles. The second-order valence-electron chi connectivity index (χ2n) is 3.97. The first-order valence-corrected chi connectivity index (χ1v) is 6.01. The number of rotatable bonds is 6. The van der Waals surface area contributed by atoms with Gasteiger partial charge in [0, 0.05) is 17.3 Å². The van der Waals surface area contributed by atoms with Crippen LogP contribution in [0.15, 0.2) is 0 Å². The molecule has 0 bridgehead atoms. The number of nitrogens with one attached hydrogen (secondary N) is 1. The third-order valence-corrected chi connectivity index (χ3v) is 2.35. The topological polar surface area (TPSA) is 29.1 Å². The number of alkyl halides is 1. The van der Waals surface area contributed by atoms with Crippen LogP contribution in [-0.4, -0.2) is 16.8 Å². The third-order valence-electron chi connectivity index (χ3n) is 1.95. The first kappa shape index (κ1) is 12.9. The van der Waals surface area contributed by atoms with Crippen molar-refractivity contribution in [3.05, 3.63) is 0 Å². The van der Waals surface area contributed by atoms with E-state index in [0.717, 1.165) is 24.6 Å². The molecule has 3 heteroatoms. The largest absolute Gasteiger partial charge is 0.351 e. The summed E-state index contributed by atoms with van der Waals surface area (Å²) in [5.74, 6) is 0.174. The van der Waals surface area contributed by atoms with Crippen LogP contribution in [0.4, 0.5) is 0 Å². The molecule has 2 nitrogen and oxygen atoms in total. The number of carbonyl (C=O) groups is 1. The predicted octanol–water partition coefficient (Wildman–Crippen LogP) is 2.86. The molecule has 0 heterocycles. The Morgan fingerprint density at radius 3 is 2.54 bits per heavy atom. The number of hydrogen-bond acceptors (Lipinski definition) is 1. The molecule has 0 aliphatic rings. The van der Waals surface area contributed by atoms with Crippen LogP contribution in [0.2, 0.25) is 0 Å². The summed E-state index contributed by atoms with van der Waals surface area (Å²) in [5.41, 5.74) is -0.0751. The lowest BCUT2D eigenvalue weighted by atomic mass is 10.0. The lowest BCUT2D eigenvalue weighted by molar-refractivity contribution is -0.122. The Labute approximate surface area is 89.6 Å². The van der Waals surface area contributed by atoms with E-state index in [1.807, 2.05) is 0 Å². The van der Waals surface area contributed by atoms with E-state index >= 15 is 0 Å². The molecule has 0 radical (unpaired) electrons. The molecule has 78 valence electrons. The molecule has 1 amide bonds. The van der Waals surface area contributed by atoms with Gasteiger partial charge < -0.3 is 5.32 Å². The van der Waals surface area contributed by atoms with Crippen molar-refractivity contribution in [3.63, 3.8) is 0 Å². The van der Waals surface area contributed by atoms with Crippen LogP contribution in [0.3, 0.4) is 0 Å². The summed E-state index contributed by atoms with van der Waals surface area (Å²) in [6.07, 6.45) is 3.68. The first-order chi connectivity index (χ1) is 6.02. The Kier molecular flexibility index (Phi) is 6.39. The van der Waals surface area contributed by atoms with Crippen LogP contribution in [0.25, 0.3) is 0 Å². The standard InChI is InChI=1S/C10H20BrNO/c1-4-5-6-9(13)12-10(2,3)7-8-11/h4-8H2,1-3H3,(H,12,13). The van der Waals surface area contributed by atoms with E-state index < -0.39 is 0 Å². The van der Waals surface area contributed by atoms with Gasteiger partial charge in [-0.3, -0.25) is 4.79 Å². The highest BCUT2D eigenvalue weighted by Crippen LogP contribution is 2.10. The zero-order valence-corrected chi connectivity index (χ0v) is 10.4. The van der Waals surface area contributed by atoms with Gasteiger partial charge >= 0.3 is 0 Å². The lowest BCUT2D eigenvalue weighted by Crippen LogP contribution is -2.43. The normalized spacial score (nSPS) is 11.4. The highest BCUT2D eigenvalue weighted by molar-refractivity contribution is 9.09. The molecule has 13 heavy (non-hydrogen) atoms. The van der Waals surface area contributed by atoms with E-state index in [1.54, 1.807) is 0 Å². The molecule has 0 atom stereocenters. The Hall–Kier alpha value is -0.0500. The van der Waals surface area contributed by atoms with E-state index in [1.165, 1.54) is 0 Å². The molecule has 0 fully saturated rings. The molecular formula is C10H20BrNO. The van der Waals surface area contributed by atoms with Crippen LogP contribution in [0.5, 0.6) is 0 Å². The van der Waals surface area contributed by atoms with Crippen molar-refractivity contribution in [3.8, 4) is 0 Å². The van der Waals surface area contributed by atoms with E-state index in [0.29, 0.717) is 6.42 Å². The highest BCUT2D eigenvalue weighted by atomic mass is 79.9. The van der Waals surface area contributed by atoms with Gasteiger partial charge in [0.15, 0.2) is 0 Å². The van der Waals surface area contributed by atoms with Crippen molar-refractivity contribution in [2.45, 2.75) is 52.0 Å². The molecule has 1 N–H and O–H groups in total. The van der Waals surface area contributed by atoms with E-state index in [4.69, 9.17) is 0 Å². The smallest absolute Gasteiger partial charge is 0.220 e. The van der Waals surface area contributed by atoms with Crippen LogP contribution < -0.4 is 5.32 Å². The summed E-state index contributed by atoms with van der Waals surface area (Å²) in [7, 11) is 0. The molecule has 0 unspecified atom stereocenters. The van der Waals surface area contributed by atoms with Gasteiger partial charge in [-0.25, -0.2) is 0 Å². The molecule has 0 spiro atoms.